The molecule has 1 aliphatic rings. The van der Waals surface area contributed by atoms with Crippen LogP contribution < -0.4 is 5.73 Å². The summed E-state index contributed by atoms with van der Waals surface area (Å²) in [7, 11) is 0. The van der Waals surface area contributed by atoms with Gasteiger partial charge in [-0.3, -0.25) is 4.79 Å². The van der Waals surface area contributed by atoms with Crippen molar-refractivity contribution in [1.82, 2.24) is 0 Å². The molecule has 6 nitrogen and oxygen atoms in total. The van der Waals surface area contributed by atoms with Crippen molar-refractivity contribution in [3.05, 3.63) is 23.8 Å². The number of ether oxygens (including phenoxy) is 2. The molecule has 0 bridgehead atoms. The maximum absolute atomic E-state index is 11.9. The van der Waals surface area contributed by atoms with Crippen LogP contribution >= 0.6 is 0 Å². The molecule has 4 N–H and O–H groups in total. The van der Waals surface area contributed by atoms with E-state index in [1.165, 1.54) is 12.1 Å². The van der Waals surface area contributed by atoms with E-state index in [0.717, 1.165) is 12.8 Å². The number of phenolic OH excluding ortho intramolecular Hbond substituents is 2. The fraction of sp³-hybridized carbons (Fsp3) is 0.533. The Morgan fingerprint density at radius 2 is 2.05 bits per heavy atom. The van der Waals surface area contributed by atoms with Crippen molar-refractivity contribution in [2.75, 3.05) is 19.8 Å². The number of phenols is 2. The fourth-order valence-corrected chi connectivity index (χ4v) is 2.25. The molecule has 1 fully saturated rings. The summed E-state index contributed by atoms with van der Waals surface area (Å²) < 4.78 is 10.5. The normalized spacial score (nSPS) is 17.4. The largest absolute Gasteiger partial charge is 0.504 e. The second kappa shape index (κ2) is 7.28. The summed E-state index contributed by atoms with van der Waals surface area (Å²) in [6.07, 6.45) is 2.04. The van der Waals surface area contributed by atoms with Gasteiger partial charge < -0.3 is 25.4 Å². The first kappa shape index (κ1) is 15.6. The van der Waals surface area contributed by atoms with E-state index in [1.54, 1.807) is 6.07 Å². The number of carbonyl (C=O) groups is 1. The van der Waals surface area contributed by atoms with Gasteiger partial charge in [-0.25, -0.2) is 0 Å². The molecular formula is C15H21NO5. The third kappa shape index (κ3) is 4.61. The molecule has 1 aliphatic heterocycles. The van der Waals surface area contributed by atoms with Gasteiger partial charge >= 0.3 is 5.97 Å². The number of hydrogen-bond acceptors (Lipinski definition) is 6. The number of carbonyl (C=O) groups excluding carboxylic acids is 1. The molecule has 0 amide bonds. The van der Waals surface area contributed by atoms with Gasteiger partial charge in [-0.2, -0.15) is 0 Å². The SMILES string of the molecule is N[C@@H](Cc1ccc(O)c(O)c1)C(=O)OCC1CCOCC1. The first-order valence-corrected chi connectivity index (χ1v) is 7.07. The molecule has 0 unspecified atom stereocenters. The minimum absolute atomic E-state index is 0.200. The van der Waals surface area contributed by atoms with Gasteiger partial charge in [-0.1, -0.05) is 6.07 Å². The Kier molecular flexibility index (Phi) is 5.41. The van der Waals surface area contributed by atoms with Crippen LogP contribution in [0.1, 0.15) is 18.4 Å². The van der Waals surface area contributed by atoms with Crippen LogP contribution in [-0.4, -0.2) is 42.0 Å². The molecule has 1 atom stereocenters. The standard InChI is InChI=1S/C15H21NO5/c16-12(7-11-1-2-13(17)14(18)8-11)15(19)21-9-10-3-5-20-6-4-10/h1-2,8,10,12,17-18H,3-7,9,16H2/t12-/m0/s1. The third-order valence-corrected chi connectivity index (χ3v) is 3.60. The lowest BCUT2D eigenvalue weighted by Crippen LogP contribution is -2.35. The summed E-state index contributed by atoms with van der Waals surface area (Å²) in [6.45, 7) is 1.79. The lowest BCUT2D eigenvalue weighted by Gasteiger charge is -2.22. The molecule has 0 saturated carbocycles. The molecule has 1 aromatic rings. The van der Waals surface area contributed by atoms with Crippen molar-refractivity contribution in [2.24, 2.45) is 11.7 Å². The average Bonchev–Trinajstić information content (AvgIpc) is 2.49. The van der Waals surface area contributed by atoms with Crippen molar-refractivity contribution in [2.45, 2.75) is 25.3 Å². The molecule has 116 valence electrons. The quantitative estimate of drug-likeness (QED) is 0.552. The number of esters is 1. The number of benzene rings is 1. The molecule has 0 aromatic heterocycles. The summed E-state index contributed by atoms with van der Waals surface area (Å²) >= 11 is 0. The Bertz CT molecular complexity index is 485. The molecule has 0 aliphatic carbocycles. The number of nitrogens with two attached hydrogens (primary N) is 1. The van der Waals surface area contributed by atoms with Crippen LogP contribution in [-0.2, 0) is 20.7 Å². The summed E-state index contributed by atoms with van der Waals surface area (Å²) in [5.74, 6) is -0.536. The topological polar surface area (TPSA) is 102 Å². The van der Waals surface area contributed by atoms with Gasteiger partial charge in [0.2, 0.25) is 0 Å². The van der Waals surface area contributed by atoms with Crippen molar-refractivity contribution < 1.29 is 24.5 Å². The van der Waals surface area contributed by atoms with Gasteiger partial charge in [0, 0.05) is 13.2 Å². The van der Waals surface area contributed by atoms with E-state index in [9.17, 15) is 15.0 Å². The van der Waals surface area contributed by atoms with Gasteiger partial charge in [-0.15, -0.1) is 0 Å². The Morgan fingerprint density at radius 1 is 1.33 bits per heavy atom. The minimum atomic E-state index is -0.784. The van der Waals surface area contributed by atoms with Crippen LogP contribution in [0, 0.1) is 5.92 Å². The van der Waals surface area contributed by atoms with E-state index in [1.807, 2.05) is 0 Å². The number of rotatable bonds is 5. The first-order chi connectivity index (χ1) is 10.1. The Balaban J connectivity index is 1.79. The summed E-state index contributed by atoms with van der Waals surface area (Å²) in [4.78, 5) is 11.9. The monoisotopic (exact) mass is 295 g/mol. The maximum Gasteiger partial charge on any atom is 0.323 e. The van der Waals surface area contributed by atoms with Gasteiger partial charge in [-0.05, 0) is 42.9 Å². The van der Waals surface area contributed by atoms with Crippen molar-refractivity contribution in [1.29, 1.82) is 0 Å². The van der Waals surface area contributed by atoms with Crippen molar-refractivity contribution >= 4 is 5.97 Å². The summed E-state index contributed by atoms with van der Waals surface area (Å²) in [6, 6.07) is 3.58. The lowest BCUT2D eigenvalue weighted by molar-refractivity contribution is -0.147. The Morgan fingerprint density at radius 3 is 2.71 bits per heavy atom. The minimum Gasteiger partial charge on any atom is -0.504 e. The van der Waals surface area contributed by atoms with Crippen LogP contribution in [0.2, 0.25) is 0 Å². The number of aromatic hydroxyl groups is 2. The highest BCUT2D eigenvalue weighted by molar-refractivity contribution is 5.76. The molecule has 21 heavy (non-hydrogen) atoms. The average molecular weight is 295 g/mol. The molecule has 1 heterocycles. The Hall–Kier alpha value is -1.79. The van der Waals surface area contributed by atoms with Crippen LogP contribution in [0.3, 0.4) is 0 Å². The second-order valence-electron chi connectivity index (χ2n) is 5.32. The molecule has 0 radical (unpaired) electrons. The van der Waals surface area contributed by atoms with E-state index in [-0.39, 0.29) is 17.9 Å². The van der Waals surface area contributed by atoms with Crippen LogP contribution in [0.4, 0.5) is 0 Å². The zero-order chi connectivity index (χ0) is 15.2. The highest BCUT2D eigenvalue weighted by atomic mass is 16.5. The second-order valence-corrected chi connectivity index (χ2v) is 5.32. The smallest absolute Gasteiger partial charge is 0.323 e. The predicted molar refractivity (Wildman–Crippen MR) is 76.0 cm³/mol. The predicted octanol–water partition coefficient (Wildman–Crippen LogP) is 0.937. The van der Waals surface area contributed by atoms with E-state index in [2.05, 4.69) is 0 Å². The van der Waals surface area contributed by atoms with Gasteiger partial charge in [0.15, 0.2) is 11.5 Å². The van der Waals surface area contributed by atoms with E-state index in [0.29, 0.717) is 31.3 Å². The number of hydrogen-bond donors (Lipinski definition) is 3. The van der Waals surface area contributed by atoms with Crippen molar-refractivity contribution in [3.63, 3.8) is 0 Å². The zero-order valence-electron chi connectivity index (χ0n) is 11.8. The van der Waals surface area contributed by atoms with Gasteiger partial charge in [0.05, 0.1) is 6.61 Å². The van der Waals surface area contributed by atoms with Crippen LogP contribution in [0.5, 0.6) is 11.5 Å². The van der Waals surface area contributed by atoms with Crippen LogP contribution in [0.15, 0.2) is 18.2 Å². The van der Waals surface area contributed by atoms with E-state index in [4.69, 9.17) is 15.2 Å². The third-order valence-electron chi connectivity index (χ3n) is 3.60. The van der Waals surface area contributed by atoms with E-state index < -0.39 is 12.0 Å². The fourth-order valence-electron chi connectivity index (χ4n) is 2.25. The molecule has 1 aromatic carbocycles. The molecule has 6 heteroatoms. The van der Waals surface area contributed by atoms with E-state index >= 15 is 0 Å². The van der Waals surface area contributed by atoms with Crippen molar-refractivity contribution in [3.8, 4) is 11.5 Å². The molecular weight excluding hydrogens is 274 g/mol. The van der Waals surface area contributed by atoms with Crippen LogP contribution in [0.25, 0.3) is 0 Å². The zero-order valence-corrected chi connectivity index (χ0v) is 11.8. The summed E-state index contributed by atoms with van der Waals surface area (Å²) in [5.41, 5.74) is 6.48. The molecule has 2 rings (SSSR count). The summed E-state index contributed by atoms with van der Waals surface area (Å²) in [5, 5.41) is 18.6. The highest BCUT2D eigenvalue weighted by Crippen LogP contribution is 2.25. The Labute approximate surface area is 123 Å². The molecule has 1 saturated heterocycles. The highest BCUT2D eigenvalue weighted by Gasteiger charge is 2.20. The van der Waals surface area contributed by atoms with Gasteiger partial charge in [0.25, 0.3) is 0 Å². The lowest BCUT2D eigenvalue weighted by atomic mass is 10.0. The maximum atomic E-state index is 11.9. The molecule has 0 spiro atoms. The first-order valence-electron chi connectivity index (χ1n) is 7.07. The van der Waals surface area contributed by atoms with Gasteiger partial charge in [0.1, 0.15) is 6.04 Å².